The maximum Gasteiger partial charge on any atom is 0.323 e. The van der Waals surface area contributed by atoms with Crippen LogP contribution in [0.5, 0.6) is 11.5 Å². The van der Waals surface area contributed by atoms with Crippen LogP contribution in [0.4, 0.5) is 16.2 Å². The molecular formula is C25H34N4O5. The van der Waals surface area contributed by atoms with Crippen LogP contribution >= 0.6 is 0 Å². The second-order valence-electron chi connectivity index (χ2n) is 8.55. The van der Waals surface area contributed by atoms with Crippen LogP contribution in [0.3, 0.4) is 0 Å². The van der Waals surface area contributed by atoms with Gasteiger partial charge in [-0.1, -0.05) is 19.1 Å². The van der Waals surface area contributed by atoms with Crippen LogP contribution < -0.4 is 25.4 Å². The average Bonchev–Trinajstić information content (AvgIpc) is 2.84. The van der Waals surface area contributed by atoms with Gasteiger partial charge >= 0.3 is 6.03 Å². The fourth-order valence-corrected chi connectivity index (χ4v) is 3.77. The molecule has 0 unspecified atom stereocenters. The van der Waals surface area contributed by atoms with E-state index in [4.69, 9.17) is 14.2 Å². The van der Waals surface area contributed by atoms with Gasteiger partial charge in [-0.15, -0.1) is 0 Å². The van der Waals surface area contributed by atoms with Crippen LogP contribution in [-0.2, 0) is 4.74 Å². The van der Waals surface area contributed by atoms with Crippen LogP contribution in [-0.4, -0.2) is 69.9 Å². The van der Waals surface area contributed by atoms with E-state index in [9.17, 15) is 9.59 Å². The van der Waals surface area contributed by atoms with Crippen LogP contribution in [0.25, 0.3) is 0 Å². The number of urea groups is 1. The lowest BCUT2D eigenvalue weighted by atomic mass is 10.0. The molecular weight excluding hydrogens is 436 g/mol. The van der Waals surface area contributed by atoms with Gasteiger partial charge in [0.05, 0.1) is 24.5 Å². The van der Waals surface area contributed by atoms with Crippen molar-refractivity contribution in [1.29, 1.82) is 0 Å². The van der Waals surface area contributed by atoms with Crippen LogP contribution in [0, 0.1) is 5.92 Å². The number of rotatable bonds is 4. The maximum absolute atomic E-state index is 13.3. The Balaban J connectivity index is 1.83. The van der Waals surface area contributed by atoms with Crippen molar-refractivity contribution >= 4 is 23.3 Å². The summed E-state index contributed by atoms with van der Waals surface area (Å²) in [5.41, 5.74) is 1.37. The number of nitrogens with zero attached hydrogens (tertiary/aromatic N) is 1. The number of hydrogen-bond acceptors (Lipinski definition) is 6. The number of benzene rings is 2. The zero-order chi connectivity index (χ0) is 24.7. The minimum Gasteiger partial charge on any atom is -0.495 e. The molecule has 1 aliphatic heterocycles. The molecule has 0 saturated heterocycles. The number of amides is 3. The standard InChI is InChI=1S/C25H34N4O5/c1-16-13-26-17(2)15-34-21-11-10-18(12-19(21)24(30)29(3)14-23(16)33-5)27-25(31)28-20-8-6-7-9-22(20)32-4/h6-12,16-17,23,26H,13-15H2,1-5H3,(H2,27,28,31)/t16-,17-,23+/m1/s1. The molecule has 0 spiro atoms. The summed E-state index contributed by atoms with van der Waals surface area (Å²) >= 11 is 0. The van der Waals surface area contributed by atoms with Crippen LogP contribution in [0.1, 0.15) is 24.2 Å². The van der Waals surface area contributed by atoms with E-state index in [1.807, 2.05) is 13.0 Å². The Morgan fingerprint density at radius 3 is 2.65 bits per heavy atom. The molecule has 0 saturated carbocycles. The highest BCUT2D eigenvalue weighted by atomic mass is 16.5. The zero-order valence-corrected chi connectivity index (χ0v) is 20.4. The molecule has 3 amide bonds. The number of carbonyl (C=O) groups is 2. The average molecular weight is 471 g/mol. The number of methoxy groups -OCH3 is 2. The van der Waals surface area contributed by atoms with Crippen molar-refractivity contribution in [2.24, 2.45) is 5.92 Å². The van der Waals surface area contributed by atoms with Crippen LogP contribution in [0.2, 0.25) is 0 Å². The van der Waals surface area contributed by atoms with Gasteiger partial charge in [0.1, 0.15) is 18.1 Å². The molecule has 1 aliphatic rings. The topological polar surface area (TPSA) is 101 Å². The molecule has 0 radical (unpaired) electrons. The normalized spacial score (nSPS) is 21.4. The van der Waals surface area contributed by atoms with Gasteiger partial charge in [-0.25, -0.2) is 4.79 Å². The predicted molar refractivity (Wildman–Crippen MR) is 132 cm³/mol. The Kier molecular flexibility index (Phi) is 8.72. The zero-order valence-electron chi connectivity index (χ0n) is 20.4. The molecule has 2 aromatic rings. The number of fused-ring (bicyclic) bond motifs is 1. The highest BCUT2D eigenvalue weighted by Gasteiger charge is 2.25. The van der Waals surface area contributed by atoms with Crippen molar-refractivity contribution in [3.05, 3.63) is 48.0 Å². The van der Waals surface area contributed by atoms with Crippen molar-refractivity contribution in [3.8, 4) is 11.5 Å². The van der Waals surface area contributed by atoms with Gasteiger partial charge in [0.15, 0.2) is 0 Å². The van der Waals surface area contributed by atoms with Crippen molar-refractivity contribution in [3.63, 3.8) is 0 Å². The lowest BCUT2D eigenvalue weighted by molar-refractivity contribution is 0.0281. The van der Waals surface area contributed by atoms with Gasteiger partial charge in [-0.3, -0.25) is 4.79 Å². The molecule has 9 heteroatoms. The summed E-state index contributed by atoms with van der Waals surface area (Å²) in [5.74, 6) is 1.00. The SMILES string of the molecule is COc1ccccc1NC(=O)Nc1ccc2c(c1)C(=O)N(C)C[C@H](OC)[C@H](C)CN[C@H](C)CO2. The number of hydrogen-bond donors (Lipinski definition) is 3. The Morgan fingerprint density at radius 2 is 1.91 bits per heavy atom. The quantitative estimate of drug-likeness (QED) is 0.633. The molecule has 9 nitrogen and oxygen atoms in total. The Morgan fingerprint density at radius 1 is 1.15 bits per heavy atom. The number of anilines is 2. The molecule has 184 valence electrons. The van der Waals surface area contributed by atoms with Gasteiger partial charge in [-0.05, 0) is 43.2 Å². The van der Waals surface area contributed by atoms with E-state index in [0.717, 1.165) is 6.54 Å². The number of ether oxygens (including phenoxy) is 3. The van der Waals surface area contributed by atoms with Crippen molar-refractivity contribution in [1.82, 2.24) is 10.2 Å². The first-order valence-corrected chi connectivity index (χ1v) is 11.3. The van der Waals surface area contributed by atoms with Gasteiger partial charge in [0.2, 0.25) is 0 Å². The lowest BCUT2D eigenvalue weighted by Crippen LogP contribution is -2.44. The third-order valence-corrected chi connectivity index (χ3v) is 5.84. The van der Waals surface area contributed by atoms with Crippen molar-refractivity contribution < 1.29 is 23.8 Å². The Labute approximate surface area is 200 Å². The van der Waals surface area contributed by atoms with Gasteiger partial charge in [0.25, 0.3) is 5.91 Å². The van der Waals surface area contributed by atoms with E-state index in [1.54, 1.807) is 55.5 Å². The van der Waals surface area contributed by atoms with Crippen molar-refractivity contribution in [2.45, 2.75) is 26.0 Å². The predicted octanol–water partition coefficient (Wildman–Crippen LogP) is 3.43. The van der Waals surface area contributed by atoms with Gasteiger partial charge in [0, 0.05) is 39.0 Å². The number of nitrogens with one attached hydrogen (secondary N) is 3. The first kappa shape index (κ1) is 25.3. The van der Waals surface area contributed by atoms with Crippen LogP contribution in [0.15, 0.2) is 42.5 Å². The molecule has 0 fully saturated rings. The monoisotopic (exact) mass is 470 g/mol. The fourth-order valence-electron chi connectivity index (χ4n) is 3.77. The summed E-state index contributed by atoms with van der Waals surface area (Å²) < 4.78 is 16.9. The third-order valence-electron chi connectivity index (χ3n) is 5.84. The number of carbonyl (C=O) groups excluding carboxylic acids is 2. The molecule has 3 rings (SSSR count). The molecule has 34 heavy (non-hydrogen) atoms. The highest BCUT2D eigenvalue weighted by molar-refractivity contribution is 6.03. The molecule has 2 aromatic carbocycles. The fraction of sp³-hybridized carbons (Fsp3) is 0.440. The van der Waals surface area contributed by atoms with E-state index in [2.05, 4.69) is 22.9 Å². The molecule has 3 N–H and O–H groups in total. The van der Waals surface area contributed by atoms with Crippen molar-refractivity contribution in [2.75, 3.05) is 51.6 Å². The molecule has 3 atom stereocenters. The molecule has 0 aliphatic carbocycles. The Hall–Kier alpha value is -3.30. The first-order chi connectivity index (χ1) is 16.3. The van der Waals surface area contributed by atoms with E-state index in [-0.39, 0.29) is 24.0 Å². The lowest BCUT2D eigenvalue weighted by Gasteiger charge is -2.30. The van der Waals surface area contributed by atoms with E-state index < -0.39 is 6.03 Å². The third kappa shape index (κ3) is 6.39. The summed E-state index contributed by atoms with van der Waals surface area (Å²) in [6, 6.07) is 11.8. The molecule has 1 heterocycles. The minimum absolute atomic E-state index is 0.0875. The number of para-hydroxylation sites is 2. The smallest absolute Gasteiger partial charge is 0.323 e. The molecule has 0 bridgehead atoms. The second kappa shape index (κ2) is 11.7. The highest BCUT2D eigenvalue weighted by Crippen LogP contribution is 2.27. The maximum atomic E-state index is 13.3. The summed E-state index contributed by atoms with van der Waals surface area (Å²) in [6.07, 6.45) is -0.120. The minimum atomic E-state index is -0.453. The number of likely N-dealkylation sites (N-methyl/N-ethyl adjacent to an activating group) is 1. The summed E-state index contributed by atoms with van der Waals surface area (Å²) in [5, 5.41) is 9.00. The summed E-state index contributed by atoms with van der Waals surface area (Å²) in [4.78, 5) is 27.6. The second-order valence-corrected chi connectivity index (χ2v) is 8.55. The van der Waals surface area contributed by atoms with E-state index >= 15 is 0 Å². The van der Waals surface area contributed by atoms with Gasteiger partial charge in [-0.2, -0.15) is 0 Å². The first-order valence-electron chi connectivity index (χ1n) is 11.3. The van der Waals surface area contributed by atoms with E-state index in [0.29, 0.717) is 41.6 Å². The summed E-state index contributed by atoms with van der Waals surface area (Å²) in [6.45, 7) is 5.70. The van der Waals surface area contributed by atoms with Gasteiger partial charge < -0.3 is 35.1 Å². The summed E-state index contributed by atoms with van der Waals surface area (Å²) in [7, 11) is 4.94. The molecule has 0 aromatic heterocycles. The largest absolute Gasteiger partial charge is 0.495 e. The Bertz CT molecular complexity index is 999. The van der Waals surface area contributed by atoms with E-state index in [1.165, 1.54) is 7.11 Å².